The molecule has 0 amide bonds. The van der Waals surface area contributed by atoms with E-state index in [9.17, 15) is 0 Å². The van der Waals surface area contributed by atoms with E-state index in [2.05, 4.69) is 31.2 Å². The second-order valence-corrected chi connectivity index (χ2v) is 5.46. The van der Waals surface area contributed by atoms with E-state index < -0.39 is 0 Å². The molecule has 0 aromatic heterocycles. The Kier molecular flexibility index (Phi) is 14.8. The Bertz CT molecular complexity index is 362. The van der Waals surface area contributed by atoms with Gasteiger partial charge in [-0.1, -0.05) is 63.3 Å². The zero-order valence-electron chi connectivity index (χ0n) is 14.1. The summed E-state index contributed by atoms with van der Waals surface area (Å²) >= 11 is 0. The predicted octanol–water partition coefficient (Wildman–Crippen LogP) is 5.01. The monoisotopic (exact) mass is 316 g/mol. The van der Waals surface area contributed by atoms with Crippen molar-refractivity contribution < 1.29 is 9.47 Å². The van der Waals surface area contributed by atoms with Crippen molar-refractivity contribution in [2.75, 3.05) is 13.2 Å². The molecule has 0 aliphatic heterocycles. The summed E-state index contributed by atoms with van der Waals surface area (Å²) < 4.78 is 11.5. The summed E-state index contributed by atoms with van der Waals surface area (Å²) in [4.78, 5) is 0. The summed E-state index contributed by atoms with van der Waals surface area (Å²) in [6, 6.07) is 8.55. The van der Waals surface area contributed by atoms with Crippen LogP contribution in [0.5, 0.6) is 0 Å². The Labute approximate surface area is 159 Å². The van der Waals surface area contributed by atoms with Gasteiger partial charge in [-0.25, -0.2) is 0 Å². The van der Waals surface area contributed by atoms with E-state index in [1.165, 1.54) is 49.7 Å². The molecule has 0 N–H and O–H groups in total. The molecular formula is C19H33NaO2. The Hall–Kier alpha value is 0.140. The average molecular weight is 316 g/mol. The summed E-state index contributed by atoms with van der Waals surface area (Å²) in [6.45, 7) is 7.65. The molecule has 0 heterocycles. The minimum absolute atomic E-state index is 0. The van der Waals surface area contributed by atoms with Crippen LogP contribution in [0.4, 0.5) is 0 Å². The molecule has 0 bridgehead atoms. The second-order valence-electron chi connectivity index (χ2n) is 5.46. The number of aryl methyl sites for hydroxylation is 1. The number of hydrogen-bond acceptors (Lipinski definition) is 2. The van der Waals surface area contributed by atoms with E-state index in [1.807, 2.05) is 13.8 Å². The molecule has 0 unspecified atom stereocenters. The van der Waals surface area contributed by atoms with Crippen LogP contribution >= 0.6 is 0 Å². The molecule has 0 saturated heterocycles. The van der Waals surface area contributed by atoms with Crippen molar-refractivity contribution in [3.05, 3.63) is 35.4 Å². The molecule has 0 aliphatic carbocycles. The Morgan fingerprint density at radius 1 is 0.818 bits per heavy atom. The van der Waals surface area contributed by atoms with Crippen molar-refractivity contribution >= 4 is 29.6 Å². The molecule has 3 heteroatoms. The zero-order valence-corrected chi connectivity index (χ0v) is 14.1. The SMILES string of the molecule is CCCCCCCCc1ccccc1C(OCC)OCC.[NaH]. The first-order valence-corrected chi connectivity index (χ1v) is 8.64. The molecule has 2 nitrogen and oxygen atoms in total. The molecule has 0 fully saturated rings. The topological polar surface area (TPSA) is 18.5 Å². The van der Waals surface area contributed by atoms with Crippen molar-refractivity contribution in [3.8, 4) is 0 Å². The van der Waals surface area contributed by atoms with E-state index in [-0.39, 0.29) is 35.8 Å². The molecule has 1 aromatic rings. The van der Waals surface area contributed by atoms with Gasteiger partial charge in [0.05, 0.1) is 0 Å². The molecule has 0 atom stereocenters. The first-order chi connectivity index (χ1) is 10.3. The summed E-state index contributed by atoms with van der Waals surface area (Å²) in [5.74, 6) is 0. The maximum absolute atomic E-state index is 5.75. The summed E-state index contributed by atoms with van der Waals surface area (Å²) in [5.41, 5.74) is 2.58. The van der Waals surface area contributed by atoms with E-state index in [4.69, 9.17) is 9.47 Å². The van der Waals surface area contributed by atoms with Crippen LogP contribution in [-0.4, -0.2) is 42.8 Å². The fourth-order valence-corrected chi connectivity index (χ4v) is 2.62. The second kappa shape index (κ2) is 14.7. The third-order valence-electron chi connectivity index (χ3n) is 3.74. The van der Waals surface area contributed by atoms with Crippen molar-refractivity contribution in [1.82, 2.24) is 0 Å². The van der Waals surface area contributed by atoms with Crippen molar-refractivity contribution in [3.63, 3.8) is 0 Å². The van der Waals surface area contributed by atoms with Crippen LogP contribution in [0, 0.1) is 0 Å². The van der Waals surface area contributed by atoms with Crippen LogP contribution in [0.25, 0.3) is 0 Å². The Balaban J connectivity index is 0.00000441. The molecule has 22 heavy (non-hydrogen) atoms. The quantitative estimate of drug-likeness (QED) is 0.306. The first kappa shape index (κ1) is 22.1. The molecule has 1 rings (SSSR count). The number of rotatable bonds is 12. The van der Waals surface area contributed by atoms with Crippen LogP contribution in [-0.2, 0) is 15.9 Å². The van der Waals surface area contributed by atoms with Gasteiger partial charge >= 0.3 is 29.6 Å². The number of benzene rings is 1. The van der Waals surface area contributed by atoms with Gasteiger partial charge in [0.1, 0.15) is 0 Å². The van der Waals surface area contributed by atoms with Gasteiger partial charge in [0.15, 0.2) is 6.29 Å². The average Bonchev–Trinajstić information content (AvgIpc) is 2.51. The molecule has 1 aromatic carbocycles. The minimum atomic E-state index is -0.212. The van der Waals surface area contributed by atoms with Crippen LogP contribution in [0.1, 0.15) is 76.7 Å². The van der Waals surface area contributed by atoms with Crippen LogP contribution < -0.4 is 0 Å². The summed E-state index contributed by atoms with van der Waals surface area (Å²) in [6.07, 6.45) is 8.90. The number of ether oxygens (including phenoxy) is 2. The van der Waals surface area contributed by atoms with Gasteiger partial charge < -0.3 is 9.47 Å². The molecule has 0 radical (unpaired) electrons. The van der Waals surface area contributed by atoms with Crippen LogP contribution in [0.2, 0.25) is 0 Å². The van der Waals surface area contributed by atoms with Crippen LogP contribution in [0.15, 0.2) is 24.3 Å². The van der Waals surface area contributed by atoms with Gasteiger partial charge in [0.25, 0.3) is 0 Å². The van der Waals surface area contributed by atoms with Crippen molar-refractivity contribution in [1.29, 1.82) is 0 Å². The van der Waals surface area contributed by atoms with Gasteiger partial charge in [-0.05, 0) is 32.3 Å². The normalized spacial score (nSPS) is 10.7. The first-order valence-electron chi connectivity index (χ1n) is 8.64. The van der Waals surface area contributed by atoms with E-state index in [0.717, 1.165) is 6.42 Å². The van der Waals surface area contributed by atoms with Crippen molar-refractivity contribution in [2.24, 2.45) is 0 Å². The molecule has 0 saturated carbocycles. The predicted molar refractivity (Wildman–Crippen MR) is 96.7 cm³/mol. The fourth-order valence-electron chi connectivity index (χ4n) is 2.62. The van der Waals surface area contributed by atoms with E-state index in [0.29, 0.717) is 13.2 Å². The standard InChI is InChI=1S/C19H32O2.Na.H/c1-4-7-8-9-10-11-14-17-15-12-13-16-18(17)19(20-5-2)21-6-3;;/h12-13,15-16,19H,4-11,14H2,1-3H3;;. The Morgan fingerprint density at radius 3 is 2.05 bits per heavy atom. The fraction of sp³-hybridized carbons (Fsp3) is 0.684. The molecule has 0 aliphatic rings. The number of unbranched alkanes of at least 4 members (excludes halogenated alkanes) is 5. The molecule has 122 valence electrons. The van der Waals surface area contributed by atoms with Crippen LogP contribution in [0.3, 0.4) is 0 Å². The van der Waals surface area contributed by atoms with E-state index in [1.54, 1.807) is 0 Å². The van der Waals surface area contributed by atoms with Gasteiger partial charge in [-0.15, -0.1) is 0 Å². The third kappa shape index (κ3) is 8.69. The molecule has 0 spiro atoms. The summed E-state index contributed by atoms with van der Waals surface area (Å²) in [7, 11) is 0. The van der Waals surface area contributed by atoms with Gasteiger partial charge in [-0.2, -0.15) is 0 Å². The van der Waals surface area contributed by atoms with Gasteiger partial charge in [0, 0.05) is 18.8 Å². The van der Waals surface area contributed by atoms with Crippen molar-refractivity contribution in [2.45, 2.75) is 72.0 Å². The van der Waals surface area contributed by atoms with Gasteiger partial charge in [-0.3, -0.25) is 0 Å². The zero-order chi connectivity index (χ0) is 15.3. The molecular weight excluding hydrogens is 283 g/mol. The number of hydrogen-bond donors (Lipinski definition) is 0. The third-order valence-corrected chi connectivity index (χ3v) is 3.74. The van der Waals surface area contributed by atoms with Gasteiger partial charge in [0.2, 0.25) is 0 Å². The van der Waals surface area contributed by atoms with E-state index >= 15 is 0 Å². The summed E-state index contributed by atoms with van der Waals surface area (Å²) in [5, 5.41) is 0. The maximum atomic E-state index is 5.75. The Morgan fingerprint density at radius 2 is 1.41 bits per heavy atom.